The van der Waals surface area contributed by atoms with Gasteiger partial charge in [-0.25, -0.2) is 0 Å². The molecule has 0 atom stereocenters. The average Bonchev–Trinajstić information content (AvgIpc) is 3.85. The smallest absolute Gasteiger partial charge is 0.179 e. The number of fused-ring (bicyclic) bond motifs is 9. The quantitative estimate of drug-likeness (QED) is 0.160. The Bertz CT molecular complexity index is 3710. The third-order valence-corrected chi connectivity index (χ3v) is 12.7. The molecule has 12 rings (SSSR count). The van der Waals surface area contributed by atoms with Crippen molar-refractivity contribution in [3.8, 4) is 11.1 Å². The van der Waals surface area contributed by atoms with Gasteiger partial charge in [-0.3, -0.25) is 0 Å². The molecule has 0 amide bonds. The molecule has 0 radical (unpaired) electrons. The Labute approximate surface area is 371 Å². The predicted octanol–water partition coefficient (Wildman–Crippen LogP) is 17.6. The molecule has 2 aromatic heterocycles. The van der Waals surface area contributed by atoms with Crippen molar-refractivity contribution in [2.24, 2.45) is 0 Å². The van der Waals surface area contributed by atoms with Gasteiger partial charge in [0.1, 0.15) is 11.2 Å². The SMILES string of the molecule is Cc1cccc(N(c2cccc(C)c2)c2ccc3cc4c(cc3c2)oc2c4cc(-c3ccccc3)c3c4cc5ccc(N(c6cccc(C)c6)c6cccc(C)c6)cc5cc4oc23)c1. The first kappa shape index (κ1) is 37.7. The predicted molar refractivity (Wildman–Crippen MR) is 270 cm³/mol. The van der Waals surface area contributed by atoms with Gasteiger partial charge in [-0.2, -0.15) is 0 Å². The molecule has 0 N–H and O–H groups in total. The van der Waals surface area contributed by atoms with Crippen LogP contribution >= 0.6 is 0 Å². The number of hydrogen-bond donors (Lipinski definition) is 0. The largest absolute Gasteiger partial charge is 0.452 e. The van der Waals surface area contributed by atoms with Crippen molar-refractivity contribution < 1.29 is 8.83 Å². The molecule has 10 aromatic carbocycles. The van der Waals surface area contributed by atoms with E-state index in [0.29, 0.717) is 0 Å². The van der Waals surface area contributed by atoms with E-state index < -0.39 is 0 Å². The number of aryl methyl sites for hydroxylation is 4. The average molecular weight is 825 g/mol. The third kappa shape index (κ3) is 6.37. The van der Waals surface area contributed by atoms with Gasteiger partial charge in [0, 0.05) is 55.7 Å². The first-order chi connectivity index (χ1) is 31.3. The molecule has 306 valence electrons. The number of furan rings is 2. The second-order valence-corrected chi connectivity index (χ2v) is 17.4. The lowest BCUT2D eigenvalue weighted by Crippen LogP contribution is -2.10. The van der Waals surface area contributed by atoms with Gasteiger partial charge in [0.2, 0.25) is 0 Å². The van der Waals surface area contributed by atoms with E-state index in [-0.39, 0.29) is 0 Å². The minimum atomic E-state index is 0.757. The highest BCUT2D eigenvalue weighted by atomic mass is 16.4. The zero-order valence-corrected chi connectivity index (χ0v) is 36.2. The number of rotatable bonds is 7. The van der Waals surface area contributed by atoms with E-state index >= 15 is 0 Å². The minimum absolute atomic E-state index is 0.757. The summed E-state index contributed by atoms with van der Waals surface area (Å²) in [6, 6.07) is 70.2. The zero-order chi connectivity index (χ0) is 43.1. The number of anilines is 6. The summed E-state index contributed by atoms with van der Waals surface area (Å²) in [7, 11) is 0. The fourth-order valence-electron chi connectivity index (χ4n) is 9.72. The van der Waals surface area contributed by atoms with Crippen molar-refractivity contribution in [3.05, 3.63) is 216 Å². The summed E-state index contributed by atoms with van der Waals surface area (Å²) in [6.07, 6.45) is 0. The Hall–Kier alpha value is -8.08. The summed E-state index contributed by atoms with van der Waals surface area (Å²) in [4.78, 5) is 4.67. The molecular formula is C60H44N2O2. The molecule has 4 heteroatoms. The fraction of sp³-hybridized carbons (Fsp3) is 0.0667. The first-order valence-electron chi connectivity index (χ1n) is 22.0. The minimum Gasteiger partial charge on any atom is -0.452 e. The Balaban J connectivity index is 1.05. The standard InChI is InChI=1S/C60H44N2O2/c1-37-12-8-18-46(26-37)61(47-19-9-13-38(2)27-47)50-24-22-42-32-53-54-36-52(41-16-6-5-7-17-41)58-55-33-43-23-25-51(62(48-20-10-14-39(3)28-48)49-21-11-15-40(4)29-49)31-45(43)35-57(55)64-60(58)59(54)63-56(53)34-44(42)30-50/h5-36H,1-4H3. The molecule has 0 aliphatic heterocycles. The molecule has 0 aliphatic carbocycles. The van der Waals surface area contributed by atoms with Crippen LogP contribution in [0.1, 0.15) is 22.3 Å². The summed E-state index contributed by atoms with van der Waals surface area (Å²) >= 11 is 0. The summed E-state index contributed by atoms with van der Waals surface area (Å²) in [5.41, 5.74) is 16.9. The van der Waals surface area contributed by atoms with Gasteiger partial charge in [0.25, 0.3) is 0 Å². The van der Waals surface area contributed by atoms with Crippen LogP contribution in [0, 0.1) is 27.7 Å². The maximum Gasteiger partial charge on any atom is 0.179 e. The maximum atomic E-state index is 7.02. The van der Waals surface area contributed by atoms with Gasteiger partial charge in [-0.05, 0) is 186 Å². The topological polar surface area (TPSA) is 32.8 Å². The van der Waals surface area contributed by atoms with E-state index in [4.69, 9.17) is 8.83 Å². The third-order valence-electron chi connectivity index (χ3n) is 12.7. The first-order valence-corrected chi connectivity index (χ1v) is 22.0. The van der Waals surface area contributed by atoms with Crippen LogP contribution in [0.2, 0.25) is 0 Å². The molecule has 12 aromatic rings. The molecule has 0 saturated heterocycles. The Kier molecular flexibility index (Phi) is 8.70. The van der Waals surface area contributed by atoms with Gasteiger partial charge in [-0.15, -0.1) is 0 Å². The number of nitrogens with zero attached hydrogens (tertiary/aromatic N) is 2. The van der Waals surface area contributed by atoms with Crippen LogP contribution in [-0.2, 0) is 0 Å². The Morgan fingerprint density at radius 1 is 0.312 bits per heavy atom. The van der Waals surface area contributed by atoms with Crippen molar-refractivity contribution in [2.45, 2.75) is 27.7 Å². The molecule has 0 saturated carbocycles. The van der Waals surface area contributed by atoms with Crippen molar-refractivity contribution in [3.63, 3.8) is 0 Å². The van der Waals surface area contributed by atoms with E-state index in [1.165, 1.54) is 22.3 Å². The lowest BCUT2D eigenvalue weighted by molar-refractivity contribution is 0.634. The molecule has 0 unspecified atom stereocenters. The monoisotopic (exact) mass is 824 g/mol. The van der Waals surface area contributed by atoms with Crippen LogP contribution in [-0.4, -0.2) is 0 Å². The fourth-order valence-corrected chi connectivity index (χ4v) is 9.72. The zero-order valence-electron chi connectivity index (χ0n) is 36.2. The van der Waals surface area contributed by atoms with Crippen LogP contribution in [0.15, 0.2) is 203 Å². The lowest BCUT2D eigenvalue weighted by atomic mass is 9.95. The highest BCUT2D eigenvalue weighted by Gasteiger charge is 2.23. The number of benzene rings is 10. The van der Waals surface area contributed by atoms with Gasteiger partial charge in [0.15, 0.2) is 11.2 Å². The van der Waals surface area contributed by atoms with E-state index in [1.807, 2.05) is 0 Å². The maximum absolute atomic E-state index is 7.02. The molecule has 0 aliphatic rings. The molecule has 4 nitrogen and oxygen atoms in total. The highest BCUT2D eigenvalue weighted by molar-refractivity contribution is 6.26. The van der Waals surface area contributed by atoms with E-state index in [9.17, 15) is 0 Å². The van der Waals surface area contributed by atoms with Crippen molar-refractivity contribution in [1.82, 2.24) is 0 Å². The van der Waals surface area contributed by atoms with E-state index in [1.54, 1.807) is 0 Å². The highest BCUT2D eigenvalue weighted by Crippen LogP contribution is 2.47. The van der Waals surface area contributed by atoms with Crippen molar-refractivity contribution in [1.29, 1.82) is 0 Å². The normalized spacial score (nSPS) is 11.8. The number of hydrogen-bond acceptors (Lipinski definition) is 4. The summed E-state index contributed by atoms with van der Waals surface area (Å²) in [5.74, 6) is 0. The molecular weight excluding hydrogens is 781 g/mol. The van der Waals surface area contributed by atoms with Gasteiger partial charge in [-0.1, -0.05) is 91.0 Å². The van der Waals surface area contributed by atoms with Crippen LogP contribution in [0.5, 0.6) is 0 Å². The molecule has 0 spiro atoms. The van der Waals surface area contributed by atoms with Crippen LogP contribution in [0.4, 0.5) is 34.1 Å². The van der Waals surface area contributed by atoms with Gasteiger partial charge >= 0.3 is 0 Å². The van der Waals surface area contributed by atoms with Crippen molar-refractivity contribution in [2.75, 3.05) is 9.80 Å². The van der Waals surface area contributed by atoms with Gasteiger partial charge < -0.3 is 18.6 Å². The Morgan fingerprint density at radius 2 is 0.750 bits per heavy atom. The van der Waals surface area contributed by atoms with Gasteiger partial charge in [0.05, 0.1) is 0 Å². The van der Waals surface area contributed by atoms with Crippen molar-refractivity contribution >= 4 is 99.5 Å². The molecule has 0 bridgehead atoms. The molecule has 64 heavy (non-hydrogen) atoms. The lowest BCUT2D eigenvalue weighted by Gasteiger charge is -2.26. The van der Waals surface area contributed by atoms with Crippen LogP contribution < -0.4 is 9.80 Å². The van der Waals surface area contributed by atoms with Crippen LogP contribution in [0.25, 0.3) is 76.5 Å². The summed E-state index contributed by atoms with van der Waals surface area (Å²) in [6.45, 7) is 8.58. The molecule has 2 heterocycles. The van der Waals surface area contributed by atoms with Crippen LogP contribution in [0.3, 0.4) is 0 Å². The van der Waals surface area contributed by atoms with E-state index in [2.05, 4.69) is 232 Å². The second-order valence-electron chi connectivity index (χ2n) is 17.4. The second kappa shape index (κ2) is 14.8. The summed E-state index contributed by atoms with van der Waals surface area (Å²) in [5, 5.41) is 8.70. The molecule has 0 fully saturated rings. The van der Waals surface area contributed by atoms with E-state index in [0.717, 1.165) is 111 Å². The Morgan fingerprint density at radius 3 is 1.23 bits per heavy atom. The summed E-state index contributed by atoms with van der Waals surface area (Å²) < 4.78 is 14.0.